The van der Waals surface area contributed by atoms with Gasteiger partial charge in [-0.3, -0.25) is 14.7 Å². The number of halogens is 3. The zero-order chi connectivity index (χ0) is 29.1. The maximum atomic E-state index is 14.4. The molecule has 2 aromatic heterocycles. The Balaban J connectivity index is 1.18. The summed E-state index contributed by atoms with van der Waals surface area (Å²) in [5, 5.41) is 8.19. The van der Waals surface area contributed by atoms with Crippen LogP contribution in [0.2, 0.25) is 0 Å². The van der Waals surface area contributed by atoms with Crippen LogP contribution in [0.4, 0.5) is 18.9 Å². The van der Waals surface area contributed by atoms with E-state index in [4.69, 9.17) is 4.74 Å². The average molecular weight is 575 g/mol. The third-order valence-electron chi connectivity index (χ3n) is 8.70. The van der Waals surface area contributed by atoms with Crippen molar-refractivity contribution < 1.29 is 22.7 Å². The molecule has 4 aromatic rings. The first-order chi connectivity index (χ1) is 20.2. The fourth-order valence-electron chi connectivity index (χ4n) is 6.32. The number of fused-ring (bicyclic) bond motifs is 2. The van der Waals surface area contributed by atoms with Gasteiger partial charge in [-0.1, -0.05) is 18.2 Å². The number of ether oxygens (including phenoxy) is 1. The predicted molar refractivity (Wildman–Crippen MR) is 148 cm³/mol. The molecule has 3 aliphatic heterocycles. The third kappa shape index (κ3) is 4.66. The number of carbonyl (C=O) groups is 1. The van der Waals surface area contributed by atoms with Gasteiger partial charge in [0.1, 0.15) is 12.2 Å². The molecular formula is C31H29F3N6O2. The van der Waals surface area contributed by atoms with Crippen molar-refractivity contribution in [2.75, 3.05) is 24.7 Å². The van der Waals surface area contributed by atoms with Crippen molar-refractivity contribution in [1.82, 2.24) is 24.6 Å². The number of carbonyl (C=O) groups excluding carboxylic acids is 1. The normalized spacial score (nSPS) is 18.1. The predicted octanol–water partition coefficient (Wildman–Crippen LogP) is 4.46. The van der Waals surface area contributed by atoms with Gasteiger partial charge in [0.15, 0.2) is 0 Å². The van der Waals surface area contributed by atoms with Crippen molar-refractivity contribution in [3.63, 3.8) is 0 Å². The smallest absolute Gasteiger partial charge is 0.379 e. The highest BCUT2D eigenvalue weighted by Crippen LogP contribution is 2.42. The summed E-state index contributed by atoms with van der Waals surface area (Å²) in [5.74, 6) is 0.385. The van der Waals surface area contributed by atoms with Crippen LogP contribution < -0.4 is 4.90 Å². The lowest BCUT2D eigenvalue weighted by molar-refractivity contribution is -0.138. The molecule has 3 aliphatic rings. The van der Waals surface area contributed by atoms with E-state index in [0.29, 0.717) is 50.5 Å². The van der Waals surface area contributed by atoms with Crippen molar-refractivity contribution >= 4 is 11.6 Å². The van der Waals surface area contributed by atoms with Gasteiger partial charge in [-0.15, -0.1) is 10.2 Å². The molecule has 1 amide bonds. The Morgan fingerprint density at radius 1 is 1.07 bits per heavy atom. The summed E-state index contributed by atoms with van der Waals surface area (Å²) in [7, 11) is 1.88. The molecule has 0 aliphatic carbocycles. The van der Waals surface area contributed by atoms with Gasteiger partial charge in [0.25, 0.3) is 5.91 Å². The molecule has 11 heteroatoms. The number of aromatic nitrogens is 4. The molecule has 0 unspecified atom stereocenters. The minimum Gasteiger partial charge on any atom is -0.379 e. The van der Waals surface area contributed by atoms with Crippen LogP contribution in [0.5, 0.6) is 0 Å². The quantitative estimate of drug-likeness (QED) is 0.339. The van der Waals surface area contributed by atoms with Gasteiger partial charge in [0, 0.05) is 56.0 Å². The fraction of sp³-hybridized carbons (Fsp3) is 0.355. The summed E-state index contributed by atoms with van der Waals surface area (Å²) in [4.78, 5) is 21.7. The number of rotatable bonds is 6. The Hall–Kier alpha value is -4.09. The number of hydrogen-bond acceptors (Lipinski definition) is 6. The minimum absolute atomic E-state index is 0.0214. The number of pyridine rings is 1. The van der Waals surface area contributed by atoms with Crippen molar-refractivity contribution in [2.24, 2.45) is 7.05 Å². The van der Waals surface area contributed by atoms with Crippen LogP contribution in [0.15, 0.2) is 61.1 Å². The molecule has 2 aromatic carbocycles. The molecule has 0 bridgehead atoms. The number of aryl methyl sites for hydroxylation is 1. The maximum absolute atomic E-state index is 14.4. The van der Waals surface area contributed by atoms with Gasteiger partial charge >= 0.3 is 6.18 Å². The van der Waals surface area contributed by atoms with Crippen LogP contribution in [-0.2, 0) is 55.9 Å². The Labute approximate surface area is 240 Å². The lowest BCUT2D eigenvalue weighted by Gasteiger charge is -2.42. The number of alkyl halides is 3. The second-order valence-corrected chi connectivity index (χ2v) is 11.5. The average Bonchev–Trinajstić information content (AvgIpc) is 3.51. The largest absolute Gasteiger partial charge is 0.416 e. The number of amides is 1. The van der Waals surface area contributed by atoms with E-state index in [9.17, 15) is 18.0 Å². The summed E-state index contributed by atoms with van der Waals surface area (Å²) < 4.78 is 50.5. The highest BCUT2D eigenvalue weighted by molar-refractivity contribution is 6.10. The monoisotopic (exact) mass is 574 g/mol. The molecule has 5 heterocycles. The Bertz CT molecular complexity index is 1680. The highest BCUT2D eigenvalue weighted by Gasteiger charge is 2.43. The molecule has 7 rings (SSSR count). The standard InChI is InChI=1S/C31H29F3N6O2/c1-38-19-36-37-28(38)13-30(17-42-18-30)22-5-2-6-23(12-22)40-15-25-24(29(40)41)10-20(11-26(25)31(32,33)34)14-39-9-7-21-4-3-8-35-27(21)16-39/h2-6,8,10-12,19H,7,9,13-18H2,1H3. The second kappa shape index (κ2) is 10.0. The van der Waals surface area contributed by atoms with E-state index in [1.165, 1.54) is 16.5 Å². The van der Waals surface area contributed by atoms with Gasteiger partial charge in [-0.05, 0) is 59.0 Å². The van der Waals surface area contributed by atoms with Crippen molar-refractivity contribution in [3.8, 4) is 0 Å². The zero-order valence-corrected chi connectivity index (χ0v) is 23.1. The summed E-state index contributed by atoms with van der Waals surface area (Å²) >= 11 is 0. The second-order valence-electron chi connectivity index (χ2n) is 11.5. The topological polar surface area (TPSA) is 76.4 Å². The van der Waals surface area contributed by atoms with Gasteiger partial charge in [-0.2, -0.15) is 13.2 Å². The third-order valence-corrected chi connectivity index (χ3v) is 8.70. The van der Waals surface area contributed by atoms with E-state index in [2.05, 4.69) is 20.1 Å². The van der Waals surface area contributed by atoms with E-state index in [-0.39, 0.29) is 23.1 Å². The molecule has 1 saturated heterocycles. The van der Waals surface area contributed by atoms with Crippen molar-refractivity contribution in [2.45, 2.75) is 44.1 Å². The summed E-state index contributed by atoms with van der Waals surface area (Å²) in [6.07, 6.45) is 0.174. The van der Waals surface area contributed by atoms with E-state index in [1.807, 2.05) is 41.9 Å². The van der Waals surface area contributed by atoms with Gasteiger partial charge in [-0.25, -0.2) is 0 Å². The lowest BCUT2D eigenvalue weighted by atomic mass is 9.75. The molecule has 0 spiro atoms. The molecule has 0 radical (unpaired) electrons. The summed E-state index contributed by atoms with van der Waals surface area (Å²) in [6.45, 7) is 2.40. The first kappa shape index (κ1) is 26.8. The molecule has 1 fully saturated rings. The Kier molecular flexibility index (Phi) is 6.39. The molecule has 42 heavy (non-hydrogen) atoms. The van der Waals surface area contributed by atoms with Gasteiger partial charge < -0.3 is 14.2 Å². The van der Waals surface area contributed by atoms with Crippen LogP contribution in [0.1, 0.15) is 49.7 Å². The molecule has 0 atom stereocenters. The summed E-state index contributed by atoms with van der Waals surface area (Å²) in [5.41, 5.74) is 3.13. The number of anilines is 1. The molecule has 0 saturated carbocycles. The first-order valence-electron chi connectivity index (χ1n) is 13.9. The number of nitrogens with zero attached hydrogens (tertiary/aromatic N) is 6. The van der Waals surface area contributed by atoms with Gasteiger partial charge in [0.05, 0.1) is 31.0 Å². The molecule has 0 N–H and O–H groups in total. The van der Waals surface area contributed by atoms with Crippen LogP contribution >= 0.6 is 0 Å². The maximum Gasteiger partial charge on any atom is 0.416 e. The molecule has 8 nitrogen and oxygen atoms in total. The van der Waals surface area contributed by atoms with E-state index >= 15 is 0 Å². The number of hydrogen-bond donors (Lipinski definition) is 0. The Morgan fingerprint density at radius 2 is 1.93 bits per heavy atom. The van der Waals surface area contributed by atoms with Crippen LogP contribution in [0.25, 0.3) is 0 Å². The van der Waals surface area contributed by atoms with Crippen molar-refractivity contribution in [3.05, 3.63) is 106 Å². The van der Waals surface area contributed by atoms with Crippen molar-refractivity contribution in [1.29, 1.82) is 0 Å². The van der Waals surface area contributed by atoms with E-state index in [0.717, 1.165) is 23.5 Å². The lowest BCUT2D eigenvalue weighted by Crippen LogP contribution is -2.49. The van der Waals surface area contributed by atoms with E-state index in [1.54, 1.807) is 24.7 Å². The Morgan fingerprint density at radius 3 is 2.67 bits per heavy atom. The fourth-order valence-corrected chi connectivity index (χ4v) is 6.32. The van der Waals surface area contributed by atoms with Crippen LogP contribution in [0, 0.1) is 0 Å². The first-order valence-corrected chi connectivity index (χ1v) is 13.9. The molecular weight excluding hydrogens is 545 g/mol. The van der Waals surface area contributed by atoms with Gasteiger partial charge in [0.2, 0.25) is 0 Å². The highest BCUT2D eigenvalue weighted by atomic mass is 19.4. The number of benzene rings is 2. The summed E-state index contributed by atoms with van der Waals surface area (Å²) in [6, 6.07) is 14.3. The van der Waals surface area contributed by atoms with Crippen LogP contribution in [0.3, 0.4) is 0 Å². The van der Waals surface area contributed by atoms with E-state index < -0.39 is 17.6 Å². The SMILES string of the molecule is Cn1cnnc1CC1(c2cccc(N3Cc4c(cc(CN5CCc6cccnc6C5)cc4C(F)(F)F)C3=O)c2)COC1. The molecule has 216 valence electrons. The van der Waals surface area contributed by atoms with Crippen LogP contribution in [-0.4, -0.2) is 50.3 Å². The minimum atomic E-state index is -4.59. The zero-order valence-electron chi connectivity index (χ0n) is 23.1.